The average molecular weight is 364 g/mol. The van der Waals surface area contributed by atoms with Crippen molar-refractivity contribution in [3.63, 3.8) is 0 Å². The molecule has 22 heavy (non-hydrogen) atoms. The second kappa shape index (κ2) is 4.57. The van der Waals surface area contributed by atoms with Crippen LogP contribution in [0, 0.1) is 11.3 Å². The zero-order valence-electron chi connectivity index (χ0n) is 12.4. The van der Waals surface area contributed by atoms with E-state index in [-0.39, 0.29) is 23.2 Å². The van der Waals surface area contributed by atoms with E-state index >= 15 is 0 Å². The molecule has 2 aliphatic carbocycles. The number of amides is 1. The van der Waals surface area contributed by atoms with Crippen LogP contribution in [0.15, 0.2) is 22.7 Å². The summed E-state index contributed by atoms with van der Waals surface area (Å²) in [5.74, 6) is -0.578. The van der Waals surface area contributed by atoms with Crippen molar-refractivity contribution in [2.45, 2.75) is 38.0 Å². The summed E-state index contributed by atoms with van der Waals surface area (Å²) in [4.78, 5) is 25.4. The molecule has 2 saturated carbocycles. The van der Waals surface area contributed by atoms with Crippen LogP contribution in [-0.2, 0) is 19.7 Å². The molecule has 1 aromatic carbocycles. The third-order valence-electron chi connectivity index (χ3n) is 5.72. The highest BCUT2D eigenvalue weighted by atomic mass is 79.9. The maximum Gasteiger partial charge on any atom is 0.311 e. The Morgan fingerprint density at radius 3 is 2.82 bits per heavy atom. The van der Waals surface area contributed by atoms with Crippen LogP contribution in [-0.4, -0.2) is 18.5 Å². The summed E-state index contributed by atoms with van der Waals surface area (Å²) in [7, 11) is 0. The van der Waals surface area contributed by atoms with Gasteiger partial charge in [-0.3, -0.25) is 9.59 Å². The van der Waals surface area contributed by atoms with E-state index in [0.29, 0.717) is 6.61 Å². The molecule has 3 aliphatic rings. The van der Waals surface area contributed by atoms with Gasteiger partial charge in [-0.25, -0.2) is 0 Å². The normalized spacial score (nSPS) is 30.5. The number of nitrogens with one attached hydrogen (secondary N) is 1. The molecule has 4 nitrogen and oxygen atoms in total. The lowest BCUT2D eigenvalue weighted by Gasteiger charge is -2.14. The molecule has 0 bridgehead atoms. The largest absolute Gasteiger partial charge is 0.466 e. The number of carbonyl (C=O) groups is 2. The third kappa shape index (κ3) is 1.48. The van der Waals surface area contributed by atoms with Crippen molar-refractivity contribution >= 4 is 33.5 Å². The van der Waals surface area contributed by atoms with E-state index in [1.54, 1.807) is 0 Å². The van der Waals surface area contributed by atoms with Crippen LogP contribution < -0.4 is 5.32 Å². The molecular formula is C17H18BrNO3. The Hall–Kier alpha value is -1.36. The Morgan fingerprint density at radius 1 is 1.41 bits per heavy atom. The Balaban J connectivity index is 1.88. The van der Waals surface area contributed by atoms with E-state index in [4.69, 9.17) is 4.74 Å². The maximum absolute atomic E-state index is 12.9. The predicted octanol–water partition coefficient (Wildman–Crippen LogP) is 3.39. The second-order valence-corrected chi connectivity index (χ2v) is 7.42. The summed E-state index contributed by atoms with van der Waals surface area (Å²) in [5.41, 5.74) is 0.850. The van der Waals surface area contributed by atoms with Crippen LogP contribution in [0.3, 0.4) is 0 Å². The minimum Gasteiger partial charge on any atom is -0.466 e. The Labute approximate surface area is 137 Å². The molecule has 0 unspecified atom stereocenters. The van der Waals surface area contributed by atoms with Crippen LogP contribution >= 0.6 is 15.9 Å². The second-order valence-electron chi connectivity index (χ2n) is 6.50. The van der Waals surface area contributed by atoms with Gasteiger partial charge < -0.3 is 10.1 Å². The van der Waals surface area contributed by atoms with Gasteiger partial charge in [-0.15, -0.1) is 0 Å². The zero-order chi connectivity index (χ0) is 15.5. The number of ether oxygens (including phenoxy) is 1. The fourth-order valence-corrected chi connectivity index (χ4v) is 5.35. The van der Waals surface area contributed by atoms with Gasteiger partial charge >= 0.3 is 5.97 Å². The van der Waals surface area contributed by atoms with Crippen LogP contribution in [0.25, 0.3) is 0 Å². The van der Waals surface area contributed by atoms with Gasteiger partial charge in [-0.1, -0.05) is 28.8 Å². The van der Waals surface area contributed by atoms with Gasteiger partial charge in [0.2, 0.25) is 5.91 Å². The molecule has 2 fully saturated rings. The van der Waals surface area contributed by atoms with E-state index in [1.165, 1.54) is 0 Å². The summed E-state index contributed by atoms with van der Waals surface area (Å²) < 4.78 is 6.24. The van der Waals surface area contributed by atoms with Crippen LogP contribution in [0.4, 0.5) is 5.69 Å². The molecule has 2 spiro atoms. The first kappa shape index (κ1) is 14.2. The molecule has 2 atom stereocenters. The van der Waals surface area contributed by atoms with Gasteiger partial charge in [0.15, 0.2) is 0 Å². The van der Waals surface area contributed by atoms with Crippen molar-refractivity contribution in [3.05, 3.63) is 28.2 Å². The summed E-state index contributed by atoms with van der Waals surface area (Å²) in [6, 6.07) is 5.82. The average Bonchev–Trinajstić information content (AvgIpc) is 2.73. The van der Waals surface area contributed by atoms with Gasteiger partial charge in [0.1, 0.15) is 0 Å². The monoisotopic (exact) mass is 363 g/mol. The van der Waals surface area contributed by atoms with E-state index in [0.717, 1.165) is 41.4 Å². The fourth-order valence-electron chi connectivity index (χ4n) is 4.99. The van der Waals surface area contributed by atoms with E-state index in [9.17, 15) is 9.59 Å². The molecule has 1 heterocycles. The van der Waals surface area contributed by atoms with Gasteiger partial charge in [-0.05, 0) is 43.5 Å². The topological polar surface area (TPSA) is 55.4 Å². The smallest absolute Gasteiger partial charge is 0.311 e. The molecule has 1 amide bonds. The predicted molar refractivity (Wildman–Crippen MR) is 85.5 cm³/mol. The zero-order valence-corrected chi connectivity index (χ0v) is 14.0. The van der Waals surface area contributed by atoms with Crippen molar-refractivity contribution in [2.75, 3.05) is 11.9 Å². The Kier molecular flexibility index (Phi) is 2.96. The molecule has 4 rings (SSSR count). The summed E-state index contributed by atoms with van der Waals surface area (Å²) >= 11 is 3.49. The van der Waals surface area contributed by atoms with E-state index in [1.807, 2.05) is 25.1 Å². The highest BCUT2D eigenvalue weighted by Crippen LogP contribution is 2.79. The SMILES string of the molecule is CCOC(=O)[C@H]1C2(CCCC2)[C@]12C(=O)Nc1ccc(Br)cc12. The number of carbonyl (C=O) groups excluding carboxylic acids is 2. The maximum atomic E-state index is 12.9. The number of fused-ring (bicyclic) bond motifs is 3. The number of hydrogen-bond donors (Lipinski definition) is 1. The van der Waals surface area contributed by atoms with Crippen LogP contribution in [0.2, 0.25) is 0 Å². The molecule has 1 aromatic rings. The minimum atomic E-state index is -0.713. The lowest BCUT2D eigenvalue weighted by molar-refractivity contribution is -0.146. The first-order valence-corrected chi connectivity index (χ1v) is 8.65. The van der Waals surface area contributed by atoms with E-state index < -0.39 is 5.41 Å². The summed E-state index contributed by atoms with van der Waals surface area (Å²) in [6.45, 7) is 2.17. The molecule has 5 heteroatoms. The number of benzene rings is 1. The number of anilines is 1. The van der Waals surface area contributed by atoms with Crippen LogP contribution in [0.5, 0.6) is 0 Å². The number of rotatable bonds is 2. The Morgan fingerprint density at radius 2 is 2.14 bits per heavy atom. The van der Waals surface area contributed by atoms with Gasteiger partial charge in [0.25, 0.3) is 0 Å². The van der Waals surface area contributed by atoms with Gasteiger partial charge in [0.05, 0.1) is 17.9 Å². The minimum absolute atomic E-state index is 0.0273. The molecule has 116 valence electrons. The van der Waals surface area contributed by atoms with Crippen molar-refractivity contribution in [3.8, 4) is 0 Å². The third-order valence-corrected chi connectivity index (χ3v) is 6.21. The van der Waals surface area contributed by atoms with Crippen molar-refractivity contribution < 1.29 is 14.3 Å². The molecular weight excluding hydrogens is 346 g/mol. The fraction of sp³-hybridized carbons (Fsp3) is 0.529. The quantitative estimate of drug-likeness (QED) is 0.819. The molecule has 0 radical (unpaired) electrons. The standard InChI is InChI=1S/C17H18BrNO3/c1-2-22-14(20)13-16(7-3-4-8-16)17(13)11-9-10(18)5-6-12(11)19-15(17)21/h5-6,9,13H,2-4,7-8H2,1H3,(H,19,21)/t13-,17-/m0/s1. The number of esters is 1. The lowest BCUT2D eigenvalue weighted by atomic mass is 9.86. The van der Waals surface area contributed by atoms with Crippen molar-refractivity contribution in [2.24, 2.45) is 11.3 Å². The molecule has 0 aromatic heterocycles. The van der Waals surface area contributed by atoms with Crippen LogP contribution in [0.1, 0.15) is 38.2 Å². The molecule has 1 N–H and O–H groups in total. The molecule has 0 saturated heterocycles. The van der Waals surface area contributed by atoms with Gasteiger partial charge in [0, 0.05) is 15.6 Å². The number of halogens is 1. The first-order valence-electron chi connectivity index (χ1n) is 7.86. The van der Waals surface area contributed by atoms with Crippen molar-refractivity contribution in [1.29, 1.82) is 0 Å². The van der Waals surface area contributed by atoms with E-state index in [2.05, 4.69) is 21.2 Å². The lowest BCUT2D eigenvalue weighted by Crippen LogP contribution is -2.27. The summed E-state index contributed by atoms with van der Waals surface area (Å²) in [6.07, 6.45) is 4.01. The summed E-state index contributed by atoms with van der Waals surface area (Å²) in [5, 5.41) is 2.99. The van der Waals surface area contributed by atoms with Gasteiger partial charge in [-0.2, -0.15) is 0 Å². The highest BCUT2D eigenvalue weighted by molar-refractivity contribution is 9.10. The number of hydrogen-bond acceptors (Lipinski definition) is 3. The van der Waals surface area contributed by atoms with Crippen molar-refractivity contribution in [1.82, 2.24) is 0 Å². The molecule has 1 aliphatic heterocycles. The first-order chi connectivity index (χ1) is 10.6. The Bertz CT molecular complexity index is 680. The highest BCUT2D eigenvalue weighted by Gasteiger charge is 2.85.